The second kappa shape index (κ2) is 10.3. The van der Waals surface area contributed by atoms with Gasteiger partial charge in [-0.25, -0.2) is 4.79 Å². The average Bonchev–Trinajstić information content (AvgIpc) is 2.89. The topological polar surface area (TPSA) is 82.7 Å². The van der Waals surface area contributed by atoms with Crippen molar-refractivity contribution in [3.63, 3.8) is 0 Å². The zero-order valence-corrected chi connectivity index (χ0v) is 19.5. The van der Waals surface area contributed by atoms with Gasteiger partial charge >= 0.3 is 5.97 Å². The summed E-state index contributed by atoms with van der Waals surface area (Å²) in [5.41, 5.74) is 2.22. The zero-order chi connectivity index (χ0) is 22.5. The zero-order valence-electron chi connectivity index (χ0n) is 19.5. The van der Waals surface area contributed by atoms with Gasteiger partial charge in [-0.1, -0.05) is 12.8 Å². The SMILES string of the molecule is Cc1[nH]c(C(=O)N2CCC(CC(=O)N3CCCCCC3)CC2)c(C)c1C(=O)OC(C)C. The van der Waals surface area contributed by atoms with Crippen molar-refractivity contribution >= 4 is 17.8 Å². The predicted octanol–water partition coefficient (Wildman–Crippen LogP) is 3.84. The Hall–Kier alpha value is -2.31. The van der Waals surface area contributed by atoms with Gasteiger partial charge in [0.25, 0.3) is 5.91 Å². The molecule has 1 N–H and O–H groups in total. The Balaban J connectivity index is 1.57. The molecule has 0 bridgehead atoms. The van der Waals surface area contributed by atoms with E-state index in [1.54, 1.807) is 13.8 Å². The van der Waals surface area contributed by atoms with Crippen molar-refractivity contribution in [3.05, 3.63) is 22.5 Å². The minimum atomic E-state index is -0.397. The summed E-state index contributed by atoms with van der Waals surface area (Å²) in [5, 5.41) is 0. The molecule has 2 saturated heterocycles. The fourth-order valence-corrected chi connectivity index (χ4v) is 4.74. The summed E-state index contributed by atoms with van der Waals surface area (Å²) in [6, 6.07) is 0. The maximum Gasteiger partial charge on any atom is 0.340 e. The molecule has 0 saturated carbocycles. The van der Waals surface area contributed by atoms with Crippen LogP contribution in [0.4, 0.5) is 0 Å². The van der Waals surface area contributed by atoms with E-state index in [0.717, 1.165) is 38.8 Å². The molecule has 1 aromatic heterocycles. The second-order valence-electron chi connectivity index (χ2n) is 9.31. The third-order valence-corrected chi connectivity index (χ3v) is 6.52. The summed E-state index contributed by atoms with van der Waals surface area (Å²) in [4.78, 5) is 45.2. The van der Waals surface area contributed by atoms with E-state index in [1.807, 2.05) is 23.6 Å². The largest absolute Gasteiger partial charge is 0.459 e. The fourth-order valence-electron chi connectivity index (χ4n) is 4.74. The molecular weight excluding hydrogens is 394 g/mol. The van der Waals surface area contributed by atoms with Crippen LogP contribution in [-0.4, -0.2) is 64.9 Å². The van der Waals surface area contributed by atoms with Crippen molar-refractivity contribution < 1.29 is 19.1 Å². The number of piperidine rings is 1. The Labute approximate surface area is 185 Å². The van der Waals surface area contributed by atoms with Crippen molar-refractivity contribution in [1.82, 2.24) is 14.8 Å². The van der Waals surface area contributed by atoms with E-state index in [4.69, 9.17) is 4.74 Å². The van der Waals surface area contributed by atoms with Crippen molar-refractivity contribution in [2.45, 2.75) is 78.7 Å². The van der Waals surface area contributed by atoms with E-state index in [1.165, 1.54) is 12.8 Å². The van der Waals surface area contributed by atoms with Gasteiger partial charge in [-0.3, -0.25) is 9.59 Å². The number of nitrogens with zero attached hydrogens (tertiary/aromatic N) is 2. The number of likely N-dealkylation sites (tertiary alicyclic amines) is 2. The van der Waals surface area contributed by atoms with Gasteiger partial charge in [0, 0.05) is 38.3 Å². The molecule has 2 amide bonds. The van der Waals surface area contributed by atoms with Gasteiger partial charge in [0.1, 0.15) is 5.69 Å². The Morgan fingerprint density at radius 1 is 0.968 bits per heavy atom. The van der Waals surface area contributed by atoms with Gasteiger partial charge in [0.05, 0.1) is 11.7 Å². The van der Waals surface area contributed by atoms with Gasteiger partial charge in [0.15, 0.2) is 0 Å². The highest BCUT2D eigenvalue weighted by Crippen LogP contribution is 2.26. The van der Waals surface area contributed by atoms with Crippen LogP contribution in [-0.2, 0) is 9.53 Å². The molecule has 3 rings (SSSR count). The lowest BCUT2D eigenvalue weighted by Gasteiger charge is -2.32. The quantitative estimate of drug-likeness (QED) is 0.718. The third kappa shape index (κ3) is 5.69. The molecule has 2 aliphatic heterocycles. The average molecular weight is 432 g/mol. The molecule has 0 spiro atoms. The monoisotopic (exact) mass is 431 g/mol. The summed E-state index contributed by atoms with van der Waals surface area (Å²) in [5.74, 6) is 0.131. The third-order valence-electron chi connectivity index (χ3n) is 6.52. The van der Waals surface area contributed by atoms with Crippen LogP contribution < -0.4 is 0 Å². The van der Waals surface area contributed by atoms with Crippen LogP contribution >= 0.6 is 0 Å². The molecule has 31 heavy (non-hydrogen) atoms. The molecule has 1 aromatic rings. The minimum Gasteiger partial charge on any atom is -0.459 e. The Morgan fingerprint density at radius 2 is 1.58 bits per heavy atom. The van der Waals surface area contributed by atoms with Crippen molar-refractivity contribution in [2.24, 2.45) is 5.92 Å². The number of aryl methyl sites for hydroxylation is 1. The van der Waals surface area contributed by atoms with Gasteiger partial charge in [0.2, 0.25) is 5.91 Å². The van der Waals surface area contributed by atoms with E-state index >= 15 is 0 Å². The first kappa shape index (κ1) is 23.4. The highest BCUT2D eigenvalue weighted by atomic mass is 16.5. The lowest BCUT2D eigenvalue weighted by molar-refractivity contribution is -0.132. The number of esters is 1. The smallest absolute Gasteiger partial charge is 0.340 e. The fraction of sp³-hybridized carbons (Fsp3) is 0.708. The Bertz CT molecular complexity index is 798. The molecule has 0 radical (unpaired) electrons. The van der Waals surface area contributed by atoms with Crippen LogP contribution in [0.5, 0.6) is 0 Å². The molecule has 2 aliphatic rings. The highest BCUT2D eigenvalue weighted by molar-refractivity contribution is 6.00. The maximum absolute atomic E-state index is 13.1. The first-order chi connectivity index (χ1) is 14.8. The summed E-state index contributed by atoms with van der Waals surface area (Å²) < 4.78 is 5.33. The molecule has 7 nitrogen and oxygen atoms in total. The number of H-pyrrole nitrogens is 1. The second-order valence-corrected chi connectivity index (χ2v) is 9.31. The number of aromatic nitrogens is 1. The van der Waals surface area contributed by atoms with Gasteiger partial charge in [-0.15, -0.1) is 0 Å². The van der Waals surface area contributed by atoms with Crippen LogP contribution in [0.25, 0.3) is 0 Å². The van der Waals surface area contributed by atoms with E-state index in [0.29, 0.717) is 47.9 Å². The summed E-state index contributed by atoms with van der Waals surface area (Å²) in [6.07, 6.45) is 6.72. The predicted molar refractivity (Wildman–Crippen MR) is 119 cm³/mol. The van der Waals surface area contributed by atoms with Gasteiger partial charge in [-0.05, 0) is 64.9 Å². The number of amides is 2. The first-order valence-electron chi connectivity index (χ1n) is 11.7. The Kier molecular flexibility index (Phi) is 7.79. The number of ether oxygens (including phenoxy) is 1. The van der Waals surface area contributed by atoms with Crippen LogP contribution in [0.3, 0.4) is 0 Å². The van der Waals surface area contributed by atoms with E-state index in [2.05, 4.69) is 4.98 Å². The number of nitrogens with one attached hydrogen (secondary N) is 1. The van der Waals surface area contributed by atoms with Crippen molar-refractivity contribution in [2.75, 3.05) is 26.2 Å². The number of hydrogen-bond acceptors (Lipinski definition) is 4. The van der Waals surface area contributed by atoms with Crippen LogP contribution in [0, 0.1) is 19.8 Å². The molecule has 0 aromatic carbocycles. The molecule has 7 heteroatoms. The van der Waals surface area contributed by atoms with Crippen LogP contribution in [0.15, 0.2) is 0 Å². The number of aromatic amines is 1. The Morgan fingerprint density at radius 3 is 2.16 bits per heavy atom. The standard InChI is InChI=1S/C24H37N3O4/c1-16(2)31-24(30)21-17(3)22(25-18(21)4)23(29)27-13-9-19(10-14-27)15-20(28)26-11-7-5-6-8-12-26/h16,19,25H,5-15H2,1-4H3. The minimum absolute atomic E-state index is 0.0820. The molecule has 0 aliphatic carbocycles. The number of rotatable bonds is 5. The lowest BCUT2D eigenvalue weighted by Crippen LogP contribution is -2.40. The number of carbonyl (C=O) groups is 3. The molecule has 3 heterocycles. The van der Waals surface area contributed by atoms with Gasteiger partial charge < -0.3 is 19.5 Å². The maximum atomic E-state index is 13.1. The summed E-state index contributed by atoms with van der Waals surface area (Å²) in [6.45, 7) is 10.3. The first-order valence-corrected chi connectivity index (χ1v) is 11.7. The van der Waals surface area contributed by atoms with Crippen molar-refractivity contribution in [3.8, 4) is 0 Å². The number of hydrogen-bond donors (Lipinski definition) is 1. The summed E-state index contributed by atoms with van der Waals surface area (Å²) >= 11 is 0. The van der Waals surface area contributed by atoms with Crippen LogP contribution in [0.2, 0.25) is 0 Å². The lowest BCUT2D eigenvalue weighted by atomic mass is 9.92. The normalized spacial score (nSPS) is 18.2. The summed E-state index contributed by atoms with van der Waals surface area (Å²) in [7, 11) is 0. The molecule has 0 atom stereocenters. The van der Waals surface area contributed by atoms with Crippen molar-refractivity contribution in [1.29, 1.82) is 0 Å². The highest BCUT2D eigenvalue weighted by Gasteiger charge is 2.30. The molecule has 0 unspecified atom stereocenters. The molecule has 2 fully saturated rings. The van der Waals surface area contributed by atoms with Crippen LogP contribution in [0.1, 0.15) is 90.9 Å². The molecular formula is C24H37N3O4. The van der Waals surface area contributed by atoms with E-state index < -0.39 is 5.97 Å². The van der Waals surface area contributed by atoms with E-state index in [9.17, 15) is 14.4 Å². The van der Waals surface area contributed by atoms with E-state index in [-0.39, 0.29) is 17.9 Å². The van der Waals surface area contributed by atoms with Gasteiger partial charge in [-0.2, -0.15) is 0 Å². The number of carbonyl (C=O) groups excluding carboxylic acids is 3. The molecule has 172 valence electrons.